The van der Waals surface area contributed by atoms with Crippen LogP contribution < -0.4 is 4.74 Å². The maximum absolute atomic E-state index is 13.4. The standard InChI is InChI=1S/C25H22F6N2O/c1-2-22(17-12-18(24(26,27)28)14-19(13-17)25(29,30)31)33-10-11-34-23-21(15-33)20(8-9-32-23)16-6-4-3-5-7-16/h3-9,12-14,22H,2,10-11,15H2,1H3. The normalized spacial score (nSPS) is 15.9. The number of benzene rings is 2. The Balaban J connectivity index is 1.77. The summed E-state index contributed by atoms with van der Waals surface area (Å²) in [5.41, 5.74) is -0.140. The summed E-state index contributed by atoms with van der Waals surface area (Å²) in [5, 5.41) is 0. The molecule has 0 saturated heterocycles. The van der Waals surface area contributed by atoms with E-state index >= 15 is 0 Å². The third kappa shape index (κ3) is 5.04. The van der Waals surface area contributed by atoms with E-state index in [9.17, 15) is 26.3 Å². The number of nitrogens with zero attached hydrogens (tertiary/aromatic N) is 2. The molecule has 1 aliphatic heterocycles. The lowest BCUT2D eigenvalue weighted by atomic mass is 9.95. The molecule has 0 aliphatic carbocycles. The fraction of sp³-hybridized carbons (Fsp3) is 0.320. The zero-order valence-corrected chi connectivity index (χ0v) is 18.2. The van der Waals surface area contributed by atoms with Gasteiger partial charge in [-0.2, -0.15) is 26.3 Å². The fourth-order valence-electron chi connectivity index (χ4n) is 4.32. The van der Waals surface area contributed by atoms with Crippen molar-refractivity contribution in [3.63, 3.8) is 0 Å². The lowest BCUT2D eigenvalue weighted by Gasteiger charge is -2.31. The second-order valence-corrected chi connectivity index (χ2v) is 8.09. The summed E-state index contributed by atoms with van der Waals surface area (Å²) >= 11 is 0. The molecule has 0 amide bonds. The summed E-state index contributed by atoms with van der Waals surface area (Å²) in [6.07, 6.45) is -7.86. The Kier molecular flexibility index (Phi) is 6.58. The van der Waals surface area contributed by atoms with Gasteiger partial charge in [-0.25, -0.2) is 4.98 Å². The van der Waals surface area contributed by atoms with E-state index in [4.69, 9.17) is 4.74 Å². The minimum Gasteiger partial charge on any atom is -0.476 e. The van der Waals surface area contributed by atoms with Crippen molar-refractivity contribution >= 4 is 0 Å². The number of aromatic nitrogens is 1. The van der Waals surface area contributed by atoms with Crippen molar-refractivity contribution in [1.29, 1.82) is 0 Å². The van der Waals surface area contributed by atoms with Crippen LogP contribution >= 0.6 is 0 Å². The van der Waals surface area contributed by atoms with Crippen molar-refractivity contribution in [1.82, 2.24) is 9.88 Å². The van der Waals surface area contributed by atoms with E-state index < -0.39 is 29.5 Å². The molecule has 0 spiro atoms. The number of alkyl halides is 6. The van der Waals surface area contributed by atoms with Crippen LogP contribution in [0.4, 0.5) is 26.3 Å². The number of ether oxygens (including phenoxy) is 1. The molecule has 34 heavy (non-hydrogen) atoms. The van der Waals surface area contributed by atoms with E-state index in [0.29, 0.717) is 18.8 Å². The third-order valence-corrected chi connectivity index (χ3v) is 5.90. The Hall–Kier alpha value is -3.07. The molecule has 0 saturated carbocycles. The van der Waals surface area contributed by atoms with Crippen LogP contribution in [0.25, 0.3) is 11.1 Å². The average molecular weight is 480 g/mol. The second kappa shape index (κ2) is 9.29. The van der Waals surface area contributed by atoms with Gasteiger partial charge in [0.15, 0.2) is 0 Å². The van der Waals surface area contributed by atoms with Crippen molar-refractivity contribution in [3.05, 3.63) is 83.0 Å². The van der Waals surface area contributed by atoms with Crippen LogP contribution in [0.1, 0.15) is 41.6 Å². The van der Waals surface area contributed by atoms with E-state index in [1.807, 2.05) is 41.3 Å². The molecule has 2 heterocycles. The maximum Gasteiger partial charge on any atom is 0.416 e. The second-order valence-electron chi connectivity index (χ2n) is 8.09. The maximum atomic E-state index is 13.4. The Morgan fingerprint density at radius 3 is 2.18 bits per heavy atom. The molecule has 1 aliphatic rings. The summed E-state index contributed by atoms with van der Waals surface area (Å²) in [4.78, 5) is 6.16. The van der Waals surface area contributed by atoms with Crippen LogP contribution in [-0.2, 0) is 18.9 Å². The van der Waals surface area contributed by atoms with Gasteiger partial charge in [-0.05, 0) is 47.4 Å². The van der Waals surface area contributed by atoms with E-state index in [1.165, 1.54) is 0 Å². The van der Waals surface area contributed by atoms with Crippen molar-refractivity contribution < 1.29 is 31.1 Å². The van der Waals surface area contributed by atoms with Crippen molar-refractivity contribution in [2.24, 2.45) is 0 Å². The molecule has 1 unspecified atom stereocenters. The minimum absolute atomic E-state index is 0.0294. The van der Waals surface area contributed by atoms with Gasteiger partial charge in [-0.1, -0.05) is 37.3 Å². The largest absolute Gasteiger partial charge is 0.476 e. The molecule has 9 heteroatoms. The number of fused-ring (bicyclic) bond motifs is 1. The van der Waals surface area contributed by atoms with Crippen molar-refractivity contribution in [2.75, 3.05) is 13.2 Å². The van der Waals surface area contributed by atoms with Crippen LogP contribution in [0.5, 0.6) is 5.88 Å². The first-order chi connectivity index (χ1) is 16.1. The number of hydrogen-bond donors (Lipinski definition) is 0. The van der Waals surface area contributed by atoms with Gasteiger partial charge in [0.1, 0.15) is 6.61 Å². The van der Waals surface area contributed by atoms with E-state index in [2.05, 4.69) is 4.98 Å². The summed E-state index contributed by atoms with van der Waals surface area (Å²) in [6, 6.07) is 12.4. The van der Waals surface area contributed by atoms with E-state index in [1.54, 1.807) is 13.1 Å². The molecule has 0 radical (unpaired) electrons. The average Bonchev–Trinajstić information content (AvgIpc) is 3.01. The summed E-state index contributed by atoms with van der Waals surface area (Å²) in [5.74, 6) is 0.415. The van der Waals surface area contributed by atoms with Crippen LogP contribution in [-0.4, -0.2) is 23.0 Å². The van der Waals surface area contributed by atoms with E-state index in [-0.39, 0.29) is 24.8 Å². The lowest BCUT2D eigenvalue weighted by Crippen LogP contribution is -2.31. The monoisotopic (exact) mass is 480 g/mol. The van der Waals surface area contributed by atoms with Crippen molar-refractivity contribution in [3.8, 4) is 17.0 Å². The zero-order valence-electron chi connectivity index (χ0n) is 18.2. The van der Waals surface area contributed by atoms with Gasteiger partial charge in [0, 0.05) is 30.9 Å². The highest BCUT2D eigenvalue weighted by atomic mass is 19.4. The molecule has 3 aromatic rings. The third-order valence-electron chi connectivity index (χ3n) is 5.90. The SMILES string of the molecule is CCC(c1cc(C(F)(F)F)cc(C(F)(F)F)c1)N1CCOc2nccc(-c3ccccc3)c2C1. The first-order valence-corrected chi connectivity index (χ1v) is 10.8. The van der Waals surface area contributed by atoms with Gasteiger partial charge in [-0.3, -0.25) is 4.90 Å². The Morgan fingerprint density at radius 1 is 0.941 bits per heavy atom. The smallest absolute Gasteiger partial charge is 0.416 e. The van der Waals surface area contributed by atoms with Crippen molar-refractivity contribution in [2.45, 2.75) is 38.3 Å². The van der Waals surface area contributed by atoms with Gasteiger partial charge in [0.25, 0.3) is 0 Å². The summed E-state index contributed by atoms with van der Waals surface area (Å²) in [7, 11) is 0. The van der Waals surface area contributed by atoms with Gasteiger partial charge in [0.2, 0.25) is 5.88 Å². The summed E-state index contributed by atoms with van der Waals surface area (Å²) in [6.45, 7) is 2.54. The lowest BCUT2D eigenvalue weighted by molar-refractivity contribution is -0.143. The van der Waals surface area contributed by atoms with Crippen LogP contribution in [0.2, 0.25) is 0 Å². The molecule has 1 atom stereocenters. The molecule has 1 aromatic heterocycles. The first-order valence-electron chi connectivity index (χ1n) is 10.8. The Labute approximate surface area is 193 Å². The molecule has 2 aromatic carbocycles. The van der Waals surface area contributed by atoms with Crippen LogP contribution in [0, 0.1) is 0 Å². The van der Waals surface area contributed by atoms with Gasteiger partial charge >= 0.3 is 12.4 Å². The Morgan fingerprint density at radius 2 is 1.59 bits per heavy atom. The zero-order chi connectivity index (χ0) is 24.5. The highest BCUT2D eigenvalue weighted by Gasteiger charge is 2.38. The molecular formula is C25H22F6N2O. The predicted molar refractivity (Wildman–Crippen MR) is 115 cm³/mol. The molecule has 4 rings (SSSR count). The number of pyridine rings is 1. The minimum atomic E-state index is -4.90. The topological polar surface area (TPSA) is 25.4 Å². The molecule has 0 fully saturated rings. The number of rotatable bonds is 4. The van der Waals surface area contributed by atoms with Gasteiger partial charge in [0.05, 0.1) is 11.1 Å². The highest BCUT2D eigenvalue weighted by Crippen LogP contribution is 2.40. The molecular weight excluding hydrogens is 458 g/mol. The molecule has 180 valence electrons. The summed E-state index contributed by atoms with van der Waals surface area (Å²) < 4.78 is 86.4. The molecule has 0 bridgehead atoms. The highest BCUT2D eigenvalue weighted by molar-refractivity contribution is 5.69. The van der Waals surface area contributed by atoms with Gasteiger partial charge in [-0.15, -0.1) is 0 Å². The molecule has 3 nitrogen and oxygen atoms in total. The van der Waals surface area contributed by atoms with Crippen LogP contribution in [0.3, 0.4) is 0 Å². The van der Waals surface area contributed by atoms with E-state index in [0.717, 1.165) is 28.8 Å². The fourth-order valence-corrected chi connectivity index (χ4v) is 4.32. The number of halogens is 6. The van der Waals surface area contributed by atoms with Gasteiger partial charge < -0.3 is 4.74 Å². The quantitative estimate of drug-likeness (QED) is 0.372. The predicted octanol–water partition coefficient (Wildman–Crippen LogP) is 7.13. The molecule has 0 N–H and O–H groups in total. The van der Waals surface area contributed by atoms with Crippen LogP contribution in [0.15, 0.2) is 60.8 Å². The number of hydrogen-bond acceptors (Lipinski definition) is 3. The first kappa shape index (κ1) is 24.1. The Bertz CT molecular complexity index is 1110.